The molecule has 0 saturated carbocycles. The number of ether oxygens (including phenoxy) is 1. The molecule has 1 heterocycles. The third-order valence-electron chi connectivity index (χ3n) is 4.06. The van der Waals surface area contributed by atoms with E-state index in [2.05, 4.69) is 24.8 Å². The third-order valence-corrected chi connectivity index (χ3v) is 4.06. The van der Waals surface area contributed by atoms with Crippen molar-refractivity contribution < 1.29 is 9.84 Å². The van der Waals surface area contributed by atoms with Gasteiger partial charge in [-0.3, -0.25) is 4.90 Å². The van der Waals surface area contributed by atoms with Crippen molar-refractivity contribution in [1.82, 2.24) is 4.90 Å². The number of nitrogens with zero attached hydrogens (tertiary/aromatic N) is 1. The molecule has 1 aliphatic heterocycles. The van der Waals surface area contributed by atoms with Crippen molar-refractivity contribution in [2.75, 3.05) is 26.3 Å². The fourth-order valence-corrected chi connectivity index (χ4v) is 2.76. The van der Waals surface area contributed by atoms with Crippen LogP contribution in [0.5, 0.6) is 0 Å². The maximum Gasteiger partial charge on any atom is 0.0804 e. The molecule has 3 heteroatoms. The van der Waals surface area contributed by atoms with Gasteiger partial charge in [0.1, 0.15) is 0 Å². The summed E-state index contributed by atoms with van der Waals surface area (Å²) in [7, 11) is 0. The number of benzene rings is 1. The monoisotopic (exact) mass is 263 g/mol. The van der Waals surface area contributed by atoms with E-state index >= 15 is 0 Å². The summed E-state index contributed by atoms with van der Waals surface area (Å²) in [6.07, 6.45) is 1.54. The molecule has 1 aliphatic rings. The zero-order valence-electron chi connectivity index (χ0n) is 12.0. The first-order valence-electron chi connectivity index (χ1n) is 7.27. The molecule has 2 atom stereocenters. The summed E-state index contributed by atoms with van der Waals surface area (Å²) >= 11 is 0. The standard InChI is InChI=1S/C16H25NO2/c1-3-14-12-19-11-10-17(14)9-8-16(18)15-7-5-4-6-13(15)2/h4-7,14,16,18H,3,8-12H2,1-2H3. The summed E-state index contributed by atoms with van der Waals surface area (Å²) in [6.45, 7) is 7.83. The largest absolute Gasteiger partial charge is 0.388 e. The maximum atomic E-state index is 10.3. The SMILES string of the molecule is CCC1COCCN1CCC(O)c1ccccc1C. The van der Waals surface area contributed by atoms with Crippen LogP contribution in [0.15, 0.2) is 24.3 Å². The minimum Gasteiger partial charge on any atom is -0.388 e. The van der Waals surface area contributed by atoms with Crippen LogP contribution in [0.2, 0.25) is 0 Å². The van der Waals surface area contributed by atoms with Crippen LogP contribution in [0.1, 0.15) is 37.0 Å². The minimum absolute atomic E-state index is 0.360. The van der Waals surface area contributed by atoms with Crippen LogP contribution in [0.25, 0.3) is 0 Å². The van der Waals surface area contributed by atoms with E-state index in [1.165, 1.54) is 5.56 Å². The Kier molecular flexibility index (Phi) is 5.37. The molecule has 0 amide bonds. The van der Waals surface area contributed by atoms with E-state index in [1.54, 1.807) is 0 Å². The molecule has 0 radical (unpaired) electrons. The Morgan fingerprint density at radius 3 is 2.95 bits per heavy atom. The van der Waals surface area contributed by atoms with Crippen LogP contribution in [-0.4, -0.2) is 42.4 Å². The highest BCUT2D eigenvalue weighted by Gasteiger charge is 2.22. The molecule has 1 saturated heterocycles. The average molecular weight is 263 g/mol. The lowest BCUT2D eigenvalue weighted by Crippen LogP contribution is -2.45. The molecule has 0 aromatic heterocycles. The molecule has 0 spiro atoms. The predicted octanol–water partition coefficient (Wildman–Crippen LogP) is 2.53. The Hall–Kier alpha value is -0.900. The van der Waals surface area contributed by atoms with E-state index in [0.29, 0.717) is 6.04 Å². The second-order valence-corrected chi connectivity index (χ2v) is 5.33. The van der Waals surface area contributed by atoms with Crippen molar-refractivity contribution in [3.05, 3.63) is 35.4 Å². The van der Waals surface area contributed by atoms with Crippen molar-refractivity contribution in [2.24, 2.45) is 0 Å². The van der Waals surface area contributed by atoms with Gasteiger partial charge in [-0.25, -0.2) is 0 Å². The first-order chi connectivity index (χ1) is 9.22. The van der Waals surface area contributed by atoms with Gasteiger partial charge in [0.2, 0.25) is 0 Å². The number of hydrogen-bond acceptors (Lipinski definition) is 3. The van der Waals surface area contributed by atoms with Crippen LogP contribution in [0.3, 0.4) is 0 Å². The van der Waals surface area contributed by atoms with Gasteiger partial charge in [-0.2, -0.15) is 0 Å². The molecule has 2 unspecified atom stereocenters. The lowest BCUT2D eigenvalue weighted by Gasteiger charge is -2.35. The highest BCUT2D eigenvalue weighted by molar-refractivity contribution is 5.27. The number of rotatable bonds is 5. The number of aliphatic hydroxyl groups is 1. The highest BCUT2D eigenvalue weighted by Crippen LogP contribution is 2.21. The van der Waals surface area contributed by atoms with Gasteiger partial charge in [-0.05, 0) is 30.9 Å². The summed E-state index contributed by atoms with van der Waals surface area (Å²) in [6, 6.07) is 8.60. The molecule has 1 aromatic carbocycles. The van der Waals surface area contributed by atoms with Gasteiger partial charge >= 0.3 is 0 Å². The van der Waals surface area contributed by atoms with Crippen molar-refractivity contribution >= 4 is 0 Å². The lowest BCUT2D eigenvalue weighted by atomic mass is 10.0. The quantitative estimate of drug-likeness (QED) is 0.886. The van der Waals surface area contributed by atoms with Gasteiger partial charge in [0.15, 0.2) is 0 Å². The van der Waals surface area contributed by atoms with Crippen molar-refractivity contribution in [1.29, 1.82) is 0 Å². The summed E-state index contributed by atoms with van der Waals surface area (Å²) in [5.74, 6) is 0. The highest BCUT2D eigenvalue weighted by atomic mass is 16.5. The number of aliphatic hydroxyl groups excluding tert-OH is 1. The van der Waals surface area contributed by atoms with E-state index in [4.69, 9.17) is 4.74 Å². The first-order valence-corrected chi connectivity index (χ1v) is 7.27. The normalized spacial score (nSPS) is 22.4. The Morgan fingerprint density at radius 2 is 2.21 bits per heavy atom. The Labute approximate surface area is 116 Å². The third kappa shape index (κ3) is 3.78. The van der Waals surface area contributed by atoms with E-state index in [0.717, 1.165) is 44.7 Å². The molecule has 19 heavy (non-hydrogen) atoms. The van der Waals surface area contributed by atoms with Gasteiger partial charge in [-0.15, -0.1) is 0 Å². The van der Waals surface area contributed by atoms with Gasteiger partial charge in [0.05, 0.1) is 19.3 Å². The average Bonchev–Trinajstić information content (AvgIpc) is 2.45. The molecule has 3 nitrogen and oxygen atoms in total. The van der Waals surface area contributed by atoms with E-state index in [-0.39, 0.29) is 6.10 Å². The Balaban J connectivity index is 1.89. The van der Waals surface area contributed by atoms with Crippen LogP contribution in [-0.2, 0) is 4.74 Å². The smallest absolute Gasteiger partial charge is 0.0804 e. The summed E-state index contributed by atoms with van der Waals surface area (Å²) < 4.78 is 5.51. The number of morpholine rings is 1. The summed E-state index contributed by atoms with van der Waals surface area (Å²) in [4.78, 5) is 2.45. The van der Waals surface area contributed by atoms with Crippen LogP contribution in [0.4, 0.5) is 0 Å². The molecule has 106 valence electrons. The van der Waals surface area contributed by atoms with E-state index < -0.39 is 0 Å². The Morgan fingerprint density at radius 1 is 1.42 bits per heavy atom. The van der Waals surface area contributed by atoms with Crippen LogP contribution in [0, 0.1) is 6.92 Å². The molecule has 0 aliphatic carbocycles. The van der Waals surface area contributed by atoms with Crippen LogP contribution >= 0.6 is 0 Å². The van der Waals surface area contributed by atoms with Crippen molar-refractivity contribution in [2.45, 2.75) is 38.8 Å². The second-order valence-electron chi connectivity index (χ2n) is 5.33. The lowest BCUT2D eigenvalue weighted by molar-refractivity contribution is -0.0143. The number of hydrogen-bond donors (Lipinski definition) is 1. The molecule has 1 N–H and O–H groups in total. The van der Waals surface area contributed by atoms with E-state index in [9.17, 15) is 5.11 Å². The van der Waals surface area contributed by atoms with Gasteiger partial charge in [0, 0.05) is 19.1 Å². The molecular weight excluding hydrogens is 238 g/mol. The maximum absolute atomic E-state index is 10.3. The molecule has 1 aromatic rings. The molecule has 2 rings (SSSR count). The Bertz CT molecular complexity index is 394. The van der Waals surface area contributed by atoms with Crippen molar-refractivity contribution in [3.8, 4) is 0 Å². The summed E-state index contributed by atoms with van der Waals surface area (Å²) in [5.41, 5.74) is 2.23. The minimum atomic E-state index is -0.360. The van der Waals surface area contributed by atoms with Gasteiger partial charge < -0.3 is 9.84 Å². The van der Waals surface area contributed by atoms with Crippen molar-refractivity contribution in [3.63, 3.8) is 0 Å². The second kappa shape index (κ2) is 7.04. The van der Waals surface area contributed by atoms with E-state index in [1.807, 2.05) is 18.2 Å². The molecule has 1 fully saturated rings. The molecular formula is C16H25NO2. The fraction of sp³-hybridized carbons (Fsp3) is 0.625. The summed E-state index contributed by atoms with van der Waals surface area (Å²) in [5, 5.41) is 10.3. The number of aryl methyl sites for hydroxylation is 1. The zero-order chi connectivity index (χ0) is 13.7. The van der Waals surface area contributed by atoms with Gasteiger partial charge in [-0.1, -0.05) is 31.2 Å². The fourth-order valence-electron chi connectivity index (χ4n) is 2.76. The van der Waals surface area contributed by atoms with Crippen LogP contribution < -0.4 is 0 Å². The zero-order valence-corrected chi connectivity index (χ0v) is 12.0. The predicted molar refractivity (Wildman–Crippen MR) is 77.2 cm³/mol. The molecule has 0 bridgehead atoms. The van der Waals surface area contributed by atoms with Gasteiger partial charge in [0.25, 0.3) is 0 Å². The first kappa shape index (κ1) is 14.5. The topological polar surface area (TPSA) is 32.7 Å².